The fourth-order valence-corrected chi connectivity index (χ4v) is 2.61. The second-order valence-corrected chi connectivity index (χ2v) is 6.41. The minimum atomic E-state index is -0.440. The summed E-state index contributed by atoms with van der Waals surface area (Å²) in [5.74, 6) is 1.68. The van der Waals surface area contributed by atoms with E-state index in [0.717, 1.165) is 35.5 Å². The van der Waals surface area contributed by atoms with Crippen LogP contribution < -0.4 is 9.47 Å². The molecule has 0 saturated heterocycles. The van der Waals surface area contributed by atoms with Crippen LogP contribution in [0.2, 0.25) is 0 Å². The van der Waals surface area contributed by atoms with Crippen LogP contribution in [0, 0.1) is 0 Å². The maximum atomic E-state index is 10.00. The van der Waals surface area contributed by atoms with E-state index >= 15 is 0 Å². The molecular weight excluding hydrogens is 344 g/mol. The van der Waals surface area contributed by atoms with Gasteiger partial charge >= 0.3 is 0 Å². The van der Waals surface area contributed by atoms with Gasteiger partial charge in [-0.25, -0.2) is 0 Å². The molecule has 0 aromatic heterocycles. The lowest BCUT2D eigenvalue weighted by molar-refractivity contribution is 0.0218. The zero-order valence-electron chi connectivity index (χ0n) is 16.2. The number of aliphatic hydroxyl groups excluding tert-OH is 1. The number of aliphatic hydroxyl groups is 1. The summed E-state index contributed by atoms with van der Waals surface area (Å²) < 4.78 is 21.5. The average Bonchev–Trinajstić information content (AvgIpc) is 2.71. The lowest BCUT2D eigenvalue weighted by atomic mass is 10.1. The highest BCUT2D eigenvalue weighted by atomic mass is 16.5. The molecule has 1 unspecified atom stereocenters. The van der Waals surface area contributed by atoms with Crippen molar-refractivity contribution in [3.05, 3.63) is 59.7 Å². The van der Waals surface area contributed by atoms with E-state index in [4.69, 9.17) is 18.9 Å². The van der Waals surface area contributed by atoms with E-state index < -0.39 is 6.10 Å². The third-order valence-electron chi connectivity index (χ3n) is 4.24. The van der Waals surface area contributed by atoms with E-state index in [9.17, 15) is 5.11 Å². The van der Waals surface area contributed by atoms with Crippen molar-refractivity contribution in [2.75, 3.05) is 27.4 Å². The van der Waals surface area contributed by atoms with E-state index in [0.29, 0.717) is 32.8 Å². The van der Waals surface area contributed by atoms with Crippen molar-refractivity contribution in [3.8, 4) is 11.5 Å². The second kappa shape index (κ2) is 12.3. The Morgan fingerprint density at radius 1 is 0.741 bits per heavy atom. The SMILES string of the molecule is COc1ccc(COCCCCC(O)COCc2ccc(OC)cc2)cc1. The summed E-state index contributed by atoms with van der Waals surface area (Å²) in [6, 6.07) is 15.6. The molecule has 0 fully saturated rings. The predicted molar refractivity (Wildman–Crippen MR) is 105 cm³/mol. The van der Waals surface area contributed by atoms with Gasteiger partial charge in [0.1, 0.15) is 11.5 Å². The van der Waals surface area contributed by atoms with Crippen LogP contribution in [0.25, 0.3) is 0 Å². The summed E-state index contributed by atoms with van der Waals surface area (Å²) in [5.41, 5.74) is 2.19. The van der Waals surface area contributed by atoms with Gasteiger partial charge in [-0.05, 0) is 54.7 Å². The number of benzene rings is 2. The Bertz CT molecular complexity index is 624. The fourth-order valence-electron chi connectivity index (χ4n) is 2.61. The van der Waals surface area contributed by atoms with E-state index in [1.807, 2.05) is 48.5 Å². The number of methoxy groups -OCH3 is 2. The third-order valence-corrected chi connectivity index (χ3v) is 4.24. The molecule has 27 heavy (non-hydrogen) atoms. The maximum Gasteiger partial charge on any atom is 0.118 e. The maximum absolute atomic E-state index is 10.00. The Labute approximate surface area is 161 Å². The Kier molecular flexibility index (Phi) is 9.69. The lowest BCUT2D eigenvalue weighted by Gasteiger charge is -2.12. The molecule has 2 rings (SSSR count). The minimum absolute atomic E-state index is 0.346. The molecule has 2 aromatic rings. The molecule has 5 heteroatoms. The molecule has 1 atom stereocenters. The predicted octanol–water partition coefficient (Wildman–Crippen LogP) is 3.97. The molecular formula is C22H30O5. The van der Waals surface area contributed by atoms with Crippen LogP contribution in [-0.4, -0.2) is 38.6 Å². The molecule has 1 N–H and O–H groups in total. The van der Waals surface area contributed by atoms with Gasteiger partial charge in [0.05, 0.1) is 40.1 Å². The number of ether oxygens (including phenoxy) is 4. The van der Waals surface area contributed by atoms with Gasteiger partial charge in [0.2, 0.25) is 0 Å². The topological polar surface area (TPSA) is 57.2 Å². The summed E-state index contributed by atoms with van der Waals surface area (Å²) in [5, 5.41) is 10.00. The molecule has 0 aliphatic carbocycles. The molecule has 0 aliphatic heterocycles. The van der Waals surface area contributed by atoms with Crippen LogP contribution >= 0.6 is 0 Å². The number of hydrogen-bond acceptors (Lipinski definition) is 5. The van der Waals surface area contributed by atoms with Crippen molar-refractivity contribution in [2.24, 2.45) is 0 Å². The lowest BCUT2D eigenvalue weighted by Crippen LogP contribution is -2.15. The van der Waals surface area contributed by atoms with Crippen molar-refractivity contribution < 1.29 is 24.1 Å². The van der Waals surface area contributed by atoms with Crippen molar-refractivity contribution in [2.45, 2.75) is 38.6 Å². The molecule has 0 spiro atoms. The van der Waals surface area contributed by atoms with E-state index in [2.05, 4.69) is 0 Å². The molecule has 0 radical (unpaired) electrons. The molecule has 0 amide bonds. The fraction of sp³-hybridized carbons (Fsp3) is 0.455. The minimum Gasteiger partial charge on any atom is -0.497 e. The largest absolute Gasteiger partial charge is 0.497 e. The normalized spacial score (nSPS) is 12.0. The quantitative estimate of drug-likeness (QED) is 0.538. The highest BCUT2D eigenvalue weighted by molar-refractivity contribution is 5.27. The van der Waals surface area contributed by atoms with Crippen LogP contribution in [-0.2, 0) is 22.7 Å². The first-order valence-corrected chi connectivity index (χ1v) is 9.30. The first-order valence-electron chi connectivity index (χ1n) is 9.30. The van der Waals surface area contributed by atoms with E-state index in [-0.39, 0.29) is 0 Å². The van der Waals surface area contributed by atoms with Crippen LogP contribution in [0.4, 0.5) is 0 Å². The highest BCUT2D eigenvalue weighted by Crippen LogP contribution is 2.13. The molecule has 0 aliphatic rings. The van der Waals surface area contributed by atoms with Crippen molar-refractivity contribution in [1.82, 2.24) is 0 Å². The Morgan fingerprint density at radius 2 is 1.26 bits per heavy atom. The van der Waals surface area contributed by atoms with Gasteiger partial charge in [-0.3, -0.25) is 0 Å². The number of rotatable bonds is 13. The second-order valence-electron chi connectivity index (χ2n) is 6.41. The van der Waals surface area contributed by atoms with Gasteiger partial charge in [0.25, 0.3) is 0 Å². The van der Waals surface area contributed by atoms with Crippen LogP contribution in [0.5, 0.6) is 11.5 Å². The van der Waals surface area contributed by atoms with Gasteiger partial charge in [-0.15, -0.1) is 0 Å². The zero-order chi connectivity index (χ0) is 19.3. The number of unbranched alkanes of at least 4 members (excludes halogenated alkanes) is 1. The molecule has 5 nitrogen and oxygen atoms in total. The summed E-state index contributed by atoms with van der Waals surface area (Å²) in [6.07, 6.45) is 2.11. The van der Waals surface area contributed by atoms with Crippen molar-refractivity contribution in [1.29, 1.82) is 0 Å². The standard InChI is InChI=1S/C22H30O5/c1-24-21-10-6-18(7-11-21)15-26-14-4-3-5-20(23)17-27-16-19-8-12-22(25-2)13-9-19/h6-13,20,23H,3-5,14-17H2,1-2H3. The summed E-state index contributed by atoms with van der Waals surface area (Å²) >= 11 is 0. The van der Waals surface area contributed by atoms with Gasteiger partial charge in [0.15, 0.2) is 0 Å². The van der Waals surface area contributed by atoms with Gasteiger partial charge in [0, 0.05) is 6.61 Å². The third kappa shape index (κ3) is 8.43. The van der Waals surface area contributed by atoms with Gasteiger partial charge in [-0.2, -0.15) is 0 Å². The average molecular weight is 374 g/mol. The highest BCUT2D eigenvalue weighted by Gasteiger charge is 2.05. The smallest absolute Gasteiger partial charge is 0.118 e. The zero-order valence-corrected chi connectivity index (χ0v) is 16.2. The van der Waals surface area contributed by atoms with Crippen LogP contribution in [0.15, 0.2) is 48.5 Å². The van der Waals surface area contributed by atoms with E-state index in [1.54, 1.807) is 14.2 Å². The van der Waals surface area contributed by atoms with Crippen molar-refractivity contribution in [3.63, 3.8) is 0 Å². The monoisotopic (exact) mass is 374 g/mol. The summed E-state index contributed by atoms with van der Waals surface area (Å²) in [7, 11) is 3.30. The Hall–Kier alpha value is -2.08. The Morgan fingerprint density at radius 3 is 1.78 bits per heavy atom. The van der Waals surface area contributed by atoms with Crippen LogP contribution in [0.3, 0.4) is 0 Å². The van der Waals surface area contributed by atoms with Gasteiger partial charge in [-0.1, -0.05) is 24.3 Å². The molecule has 2 aromatic carbocycles. The Balaban J connectivity index is 1.48. The summed E-state index contributed by atoms with van der Waals surface area (Å²) in [4.78, 5) is 0. The first kappa shape index (κ1) is 21.2. The molecule has 0 heterocycles. The first-order chi connectivity index (χ1) is 13.2. The van der Waals surface area contributed by atoms with Crippen molar-refractivity contribution >= 4 is 0 Å². The summed E-state index contributed by atoms with van der Waals surface area (Å²) in [6.45, 7) is 2.12. The van der Waals surface area contributed by atoms with Crippen LogP contribution in [0.1, 0.15) is 30.4 Å². The molecule has 0 saturated carbocycles. The van der Waals surface area contributed by atoms with E-state index in [1.165, 1.54) is 0 Å². The molecule has 0 bridgehead atoms. The number of hydrogen-bond donors (Lipinski definition) is 1. The van der Waals surface area contributed by atoms with Gasteiger partial charge < -0.3 is 24.1 Å². The molecule has 148 valence electrons.